The first-order chi connectivity index (χ1) is 9.69. The number of nitrogens with zero attached hydrogens (tertiary/aromatic N) is 4. The van der Waals surface area contributed by atoms with Crippen LogP contribution in [0.5, 0.6) is 5.88 Å². The van der Waals surface area contributed by atoms with E-state index in [1.165, 1.54) is 0 Å². The van der Waals surface area contributed by atoms with Crippen LogP contribution in [0.15, 0.2) is 23.7 Å². The fourth-order valence-electron chi connectivity index (χ4n) is 2.13. The molecular formula is C13H15N5OS. The quantitative estimate of drug-likeness (QED) is 0.797. The highest BCUT2D eigenvalue weighted by molar-refractivity contribution is 7.09. The molecule has 3 heterocycles. The lowest BCUT2D eigenvalue weighted by molar-refractivity contribution is 0.399. The van der Waals surface area contributed by atoms with Gasteiger partial charge in [0, 0.05) is 30.1 Å². The monoisotopic (exact) mass is 289 g/mol. The lowest BCUT2D eigenvalue weighted by atomic mass is 10.2. The summed E-state index contributed by atoms with van der Waals surface area (Å²) in [5, 5.41) is 3.05. The summed E-state index contributed by atoms with van der Waals surface area (Å²) in [7, 11) is 1.59. The molecule has 0 saturated carbocycles. The van der Waals surface area contributed by atoms with Crippen molar-refractivity contribution in [1.29, 1.82) is 0 Å². The van der Waals surface area contributed by atoms with Crippen LogP contribution in [0.4, 0.5) is 5.95 Å². The standard InChI is InChI=1S/C13H15N5OS/c1-8(12-15-5-6-20-12)7-18-11-9(16-13(18)14)3-4-10(17-11)19-2/h3-6,8H,7H2,1-2H3,(H2,14,16). The van der Waals surface area contributed by atoms with Crippen molar-refractivity contribution >= 4 is 28.4 Å². The highest BCUT2D eigenvalue weighted by atomic mass is 32.1. The third-order valence-corrected chi connectivity index (χ3v) is 4.14. The van der Waals surface area contributed by atoms with Gasteiger partial charge in [0.2, 0.25) is 11.8 Å². The van der Waals surface area contributed by atoms with E-state index in [1.54, 1.807) is 24.5 Å². The normalized spacial score (nSPS) is 12.7. The van der Waals surface area contributed by atoms with Crippen LogP contribution in [0, 0.1) is 0 Å². The predicted octanol–water partition coefficient (Wildman–Crippen LogP) is 2.28. The number of hydrogen-bond donors (Lipinski definition) is 1. The van der Waals surface area contributed by atoms with Crippen molar-refractivity contribution in [1.82, 2.24) is 19.5 Å². The topological polar surface area (TPSA) is 78.9 Å². The highest BCUT2D eigenvalue weighted by Crippen LogP contribution is 2.25. The number of anilines is 1. The number of thiazole rings is 1. The minimum Gasteiger partial charge on any atom is -0.481 e. The van der Waals surface area contributed by atoms with Crippen molar-refractivity contribution in [2.45, 2.75) is 19.4 Å². The van der Waals surface area contributed by atoms with E-state index < -0.39 is 0 Å². The third-order valence-electron chi connectivity index (χ3n) is 3.13. The van der Waals surface area contributed by atoms with Gasteiger partial charge in [0.25, 0.3) is 0 Å². The van der Waals surface area contributed by atoms with E-state index in [0.29, 0.717) is 18.4 Å². The van der Waals surface area contributed by atoms with Gasteiger partial charge in [-0.1, -0.05) is 6.92 Å². The van der Waals surface area contributed by atoms with E-state index >= 15 is 0 Å². The maximum absolute atomic E-state index is 6.00. The Bertz CT molecular complexity index is 722. The van der Waals surface area contributed by atoms with Crippen LogP contribution in [0.2, 0.25) is 0 Å². The van der Waals surface area contributed by atoms with E-state index in [4.69, 9.17) is 10.5 Å². The largest absolute Gasteiger partial charge is 0.481 e. The highest BCUT2D eigenvalue weighted by Gasteiger charge is 2.15. The van der Waals surface area contributed by atoms with Gasteiger partial charge < -0.3 is 10.5 Å². The second kappa shape index (κ2) is 5.09. The summed E-state index contributed by atoms with van der Waals surface area (Å²) in [6.45, 7) is 2.81. The van der Waals surface area contributed by atoms with Crippen molar-refractivity contribution in [3.05, 3.63) is 28.7 Å². The zero-order valence-corrected chi connectivity index (χ0v) is 12.1. The average Bonchev–Trinajstić information content (AvgIpc) is 3.07. The molecule has 0 spiro atoms. The summed E-state index contributed by atoms with van der Waals surface area (Å²) in [5.74, 6) is 1.27. The van der Waals surface area contributed by atoms with Gasteiger partial charge in [0.15, 0.2) is 5.65 Å². The molecule has 0 amide bonds. The first kappa shape index (κ1) is 12.9. The van der Waals surface area contributed by atoms with Crippen LogP contribution in [0.3, 0.4) is 0 Å². The molecule has 0 bridgehead atoms. The average molecular weight is 289 g/mol. The first-order valence-corrected chi connectivity index (χ1v) is 7.13. The summed E-state index contributed by atoms with van der Waals surface area (Å²) in [6, 6.07) is 3.64. The molecule has 3 rings (SSSR count). The molecule has 0 aliphatic rings. The first-order valence-electron chi connectivity index (χ1n) is 6.25. The Labute approximate surface area is 120 Å². The molecule has 7 heteroatoms. The Morgan fingerprint density at radius 1 is 1.40 bits per heavy atom. The van der Waals surface area contributed by atoms with Crippen LogP contribution in [0.1, 0.15) is 17.8 Å². The summed E-state index contributed by atoms with van der Waals surface area (Å²) >= 11 is 1.64. The summed E-state index contributed by atoms with van der Waals surface area (Å²) in [4.78, 5) is 13.1. The number of imidazole rings is 1. The number of methoxy groups -OCH3 is 1. The maximum Gasteiger partial charge on any atom is 0.215 e. The number of ether oxygens (including phenoxy) is 1. The summed E-state index contributed by atoms with van der Waals surface area (Å²) in [6.07, 6.45) is 1.81. The molecule has 104 valence electrons. The number of nitrogen functional groups attached to an aromatic ring is 1. The van der Waals surface area contributed by atoms with Gasteiger partial charge in [-0.3, -0.25) is 4.57 Å². The molecule has 1 unspecified atom stereocenters. The fourth-order valence-corrected chi connectivity index (χ4v) is 2.82. The van der Waals surface area contributed by atoms with Crippen LogP contribution >= 0.6 is 11.3 Å². The van der Waals surface area contributed by atoms with Crippen molar-refractivity contribution in [3.8, 4) is 5.88 Å². The number of aromatic nitrogens is 4. The number of rotatable bonds is 4. The van der Waals surface area contributed by atoms with Gasteiger partial charge in [0.05, 0.1) is 12.1 Å². The van der Waals surface area contributed by atoms with Crippen molar-refractivity contribution < 1.29 is 4.74 Å². The van der Waals surface area contributed by atoms with Crippen molar-refractivity contribution in [3.63, 3.8) is 0 Å². The van der Waals surface area contributed by atoms with Crippen molar-refractivity contribution in [2.24, 2.45) is 0 Å². The molecule has 20 heavy (non-hydrogen) atoms. The Hall–Kier alpha value is -2.15. The molecular weight excluding hydrogens is 274 g/mol. The van der Waals surface area contributed by atoms with Crippen molar-refractivity contribution in [2.75, 3.05) is 12.8 Å². The van der Waals surface area contributed by atoms with Gasteiger partial charge in [0.1, 0.15) is 5.52 Å². The van der Waals surface area contributed by atoms with Crippen LogP contribution in [-0.4, -0.2) is 26.6 Å². The molecule has 0 aromatic carbocycles. The lowest BCUT2D eigenvalue weighted by Crippen LogP contribution is -2.10. The Morgan fingerprint density at radius 2 is 2.25 bits per heavy atom. The number of hydrogen-bond acceptors (Lipinski definition) is 6. The lowest BCUT2D eigenvalue weighted by Gasteiger charge is -2.11. The van der Waals surface area contributed by atoms with Gasteiger partial charge in [-0.05, 0) is 6.07 Å². The molecule has 3 aromatic heterocycles. The zero-order chi connectivity index (χ0) is 14.1. The molecule has 1 atom stereocenters. The van der Waals surface area contributed by atoms with E-state index in [0.717, 1.165) is 16.2 Å². The van der Waals surface area contributed by atoms with Crippen LogP contribution in [0.25, 0.3) is 11.2 Å². The molecule has 0 radical (unpaired) electrons. The maximum atomic E-state index is 6.00. The minimum absolute atomic E-state index is 0.253. The van der Waals surface area contributed by atoms with Crippen LogP contribution in [-0.2, 0) is 6.54 Å². The second-order valence-electron chi connectivity index (χ2n) is 4.55. The Kier molecular flexibility index (Phi) is 3.27. The molecule has 2 N–H and O–H groups in total. The number of nitrogens with two attached hydrogens (primary N) is 1. The molecule has 0 saturated heterocycles. The Morgan fingerprint density at radius 3 is 2.95 bits per heavy atom. The molecule has 0 aliphatic heterocycles. The van der Waals surface area contributed by atoms with Gasteiger partial charge >= 0.3 is 0 Å². The molecule has 0 fully saturated rings. The summed E-state index contributed by atoms with van der Waals surface area (Å²) < 4.78 is 7.07. The Balaban J connectivity index is 1.99. The molecule has 6 nitrogen and oxygen atoms in total. The minimum atomic E-state index is 0.253. The summed E-state index contributed by atoms with van der Waals surface area (Å²) in [5.41, 5.74) is 7.51. The van der Waals surface area contributed by atoms with Gasteiger partial charge in [-0.15, -0.1) is 11.3 Å². The van der Waals surface area contributed by atoms with E-state index in [2.05, 4.69) is 21.9 Å². The van der Waals surface area contributed by atoms with Crippen LogP contribution < -0.4 is 10.5 Å². The number of pyridine rings is 1. The van der Waals surface area contributed by atoms with E-state index in [-0.39, 0.29) is 5.92 Å². The smallest absolute Gasteiger partial charge is 0.215 e. The zero-order valence-electron chi connectivity index (χ0n) is 11.3. The van der Waals surface area contributed by atoms with Gasteiger partial charge in [-0.2, -0.15) is 4.98 Å². The third kappa shape index (κ3) is 2.20. The molecule has 0 aliphatic carbocycles. The van der Waals surface area contributed by atoms with E-state index in [9.17, 15) is 0 Å². The van der Waals surface area contributed by atoms with Gasteiger partial charge in [-0.25, -0.2) is 9.97 Å². The SMILES string of the molecule is COc1ccc2nc(N)n(CC(C)c3nccs3)c2n1. The fraction of sp³-hybridized carbons (Fsp3) is 0.308. The predicted molar refractivity (Wildman–Crippen MR) is 79.0 cm³/mol. The molecule has 3 aromatic rings. The van der Waals surface area contributed by atoms with E-state index in [1.807, 2.05) is 22.2 Å². The second-order valence-corrected chi connectivity index (χ2v) is 5.47. The number of fused-ring (bicyclic) bond motifs is 1.